The van der Waals surface area contributed by atoms with Gasteiger partial charge in [0.15, 0.2) is 0 Å². The fraction of sp³-hybridized carbons (Fsp3) is 0.250. The Labute approximate surface area is 175 Å². The average Bonchev–Trinajstić information content (AvgIpc) is 2.73. The van der Waals surface area contributed by atoms with E-state index in [1.165, 1.54) is 41.3 Å². The maximum atomic E-state index is 5.68. The van der Waals surface area contributed by atoms with Crippen molar-refractivity contribution in [2.75, 3.05) is 12.7 Å². The minimum atomic E-state index is -2.02. The molecule has 1 nitrogen and oxygen atoms in total. The van der Waals surface area contributed by atoms with E-state index < -0.39 is 7.26 Å². The van der Waals surface area contributed by atoms with Crippen molar-refractivity contribution in [3.8, 4) is 0 Å². The normalized spacial score (nSPS) is 11.6. The van der Waals surface area contributed by atoms with Gasteiger partial charge in [-0.15, -0.1) is 17.0 Å². The molecule has 0 aliphatic carbocycles. The van der Waals surface area contributed by atoms with Crippen LogP contribution in [0.4, 0.5) is 0 Å². The van der Waals surface area contributed by atoms with Crippen LogP contribution in [0.5, 0.6) is 0 Å². The van der Waals surface area contributed by atoms with Crippen LogP contribution in [0.3, 0.4) is 0 Å². The van der Waals surface area contributed by atoms with E-state index in [0.29, 0.717) is 0 Å². The Hall–Kier alpha value is -1.47. The van der Waals surface area contributed by atoms with Gasteiger partial charge in [-0.25, -0.2) is 0 Å². The first-order chi connectivity index (χ1) is 12.9. The van der Waals surface area contributed by atoms with Crippen LogP contribution in [-0.4, -0.2) is 12.7 Å². The van der Waals surface area contributed by atoms with Gasteiger partial charge in [-0.3, -0.25) is 0 Å². The summed E-state index contributed by atoms with van der Waals surface area (Å²) in [5.74, 6) is 0. The van der Waals surface area contributed by atoms with Crippen LogP contribution in [-0.2, 0) is 0 Å². The van der Waals surface area contributed by atoms with E-state index in [1.807, 2.05) is 0 Å². The van der Waals surface area contributed by atoms with Crippen molar-refractivity contribution in [1.82, 2.24) is 0 Å². The number of nitrogens with two attached hydrogens (primary N) is 1. The summed E-state index contributed by atoms with van der Waals surface area (Å²) < 4.78 is 0. The number of rotatable bonds is 9. The van der Waals surface area contributed by atoms with Gasteiger partial charge in [0.05, 0.1) is 0 Å². The molecule has 0 amide bonds. The fourth-order valence-electron chi connectivity index (χ4n) is 3.99. The van der Waals surface area contributed by atoms with Crippen LogP contribution in [0.2, 0.25) is 0 Å². The van der Waals surface area contributed by atoms with E-state index in [9.17, 15) is 0 Å². The molecule has 0 saturated heterocycles. The maximum absolute atomic E-state index is 5.68. The second kappa shape index (κ2) is 11.4. The quantitative estimate of drug-likeness (QED) is 0.372. The zero-order valence-electron chi connectivity index (χ0n) is 15.9. The van der Waals surface area contributed by atoms with Crippen LogP contribution >= 0.6 is 24.2 Å². The topological polar surface area (TPSA) is 26.0 Å². The first-order valence-electron chi connectivity index (χ1n) is 9.74. The zero-order valence-corrected chi connectivity index (χ0v) is 18.6. The van der Waals surface area contributed by atoms with E-state index in [1.54, 1.807) is 0 Å². The molecule has 0 aliphatic rings. The molecule has 0 radical (unpaired) electrons. The Bertz CT molecular complexity index is 665. The van der Waals surface area contributed by atoms with Gasteiger partial charge in [0.25, 0.3) is 0 Å². The standard InChI is InChI=1S/C24H30NP.BrH/c25-20-12-1-2-13-21-26(22-14-6-3-7-15-22,23-16-8-4-9-17-23)24-18-10-5-11-19-24;/h3-11,14-19,26H,1-2,12-13,20-21,25H2;1H. The average molecular weight is 444 g/mol. The molecule has 0 aromatic heterocycles. The van der Waals surface area contributed by atoms with Crippen LogP contribution in [0.15, 0.2) is 91.0 Å². The summed E-state index contributed by atoms with van der Waals surface area (Å²) >= 11 is 0. The van der Waals surface area contributed by atoms with Crippen LogP contribution < -0.4 is 21.6 Å². The van der Waals surface area contributed by atoms with Gasteiger partial charge in [-0.2, -0.15) is 0 Å². The van der Waals surface area contributed by atoms with E-state index in [-0.39, 0.29) is 17.0 Å². The molecule has 0 spiro atoms. The molecule has 0 bridgehead atoms. The summed E-state index contributed by atoms with van der Waals surface area (Å²) in [5.41, 5.74) is 5.68. The summed E-state index contributed by atoms with van der Waals surface area (Å²) in [6.45, 7) is 0.804. The third-order valence-corrected chi connectivity index (χ3v) is 10.4. The molecule has 3 heteroatoms. The van der Waals surface area contributed by atoms with Gasteiger partial charge in [0, 0.05) is 0 Å². The Kier molecular flexibility index (Phi) is 9.21. The third-order valence-electron chi connectivity index (χ3n) is 5.31. The van der Waals surface area contributed by atoms with Gasteiger partial charge in [0.1, 0.15) is 0 Å². The Morgan fingerprint density at radius 3 is 1.26 bits per heavy atom. The van der Waals surface area contributed by atoms with E-state index in [0.717, 1.165) is 13.0 Å². The molecule has 0 fully saturated rings. The monoisotopic (exact) mass is 443 g/mol. The van der Waals surface area contributed by atoms with Gasteiger partial charge in [0.2, 0.25) is 0 Å². The second-order valence-corrected chi connectivity index (χ2v) is 11.0. The van der Waals surface area contributed by atoms with Crippen LogP contribution in [0.1, 0.15) is 25.7 Å². The molecule has 144 valence electrons. The first kappa shape index (κ1) is 21.8. The van der Waals surface area contributed by atoms with Gasteiger partial charge >= 0.3 is 158 Å². The summed E-state index contributed by atoms with van der Waals surface area (Å²) in [6.07, 6.45) is 6.13. The molecular formula is C24H31BrNP. The van der Waals surface area contributed by atoms with Crippen molar-refractivity contribution in [2.45, 2.75) is 25.7 Å². The van der Waals surface area contributed by atoms with E-state index >= 15 is 0 Å². The van der Waals surface area contributed by atoms with E-state index in [2.05, 4.69) is 91.0 Å². The number of hydrogen-bond donors (Lipinski definition) is 1. The SMILES string of the molecule is Br.NCCCCCC[PH](c1ccccc1)(c1ccccc1)c1ccccc1. The number of halogens is 1. The predicted molar refractivity (Wildman–Crippen MR) is 129 cm³/mol. The Morgan fingerprint density at radius 2 is 0.889 bits per heavy atom. The molecule has 0 saturated carbocycles. The van der Waals surface area contributed by atoms with Crippen LogP contribution in [0, 0.1) is 0 Å². The number of unbranched alkanes of at least 4 members (excludes halogenated alkanes) is 3. The third kappa shape index (κ3) is 5.29. The minimum absolute atomic E-state index is 0. The van der Waals surface area contributed by atoms with Gasteiger partial charge in [-0.1, -0.05) is 0 Å². The summed E-state index contributed by atoms with van der Waals surface area (Å²) in [4.78, 5) is 0. The van der Waals surface area contributed by atoms with Crippen molar-refractivity contribution in [2.24, 2.45) is 5.73 Å². The zero-order chi connectivity index (χ0) is 18.1. The van der Waals surface area contributed by atoms with Crippen molar-refractivity contribution in [3.05, 3.63) is 91.0 Å². The molecule has 3 aromatic rings. The Morgan fingerprint density at radius 1 is 0.519 bits per heavy atom. The molecule has 0 atom stereocenters. The number of benzene rings is 3. The Balaban J connectivity index is 0.00000261. The van der Waals surface area contributed by atoms with Crippen molar-refractivity contribution < 1.29 is 0 Å². The summed E-state index contributed by atoms with van der Waals surface area (Å²) in [5, 5.41) is 4.53. The van der Waals surface area contributed by atoms with E-state index in [4.69, 9.17) is 5.73 Å². The van der Waals surface area contributed by atoms with Crippen molar-refractivity contribution in [3.63, 3.8) is 0 Å². The first-order valence-corrected chi connectivity index (χ1v) is 12.0. The molecule has 3 aromatic carbocycles. The summed E-state index contributed by atoms with van der Waals surface area (Å²) in [6, 6.07) is 33.6. The van der Waals surface area contributed by atoms with Gasteiger partial charge < -0.3 is 0 Å². The molecule has 0 heterocycles. The number of hydrogen-bond acceptors (Lipinski definition) is 1. The molecule has 27 heavy (non-hydrogen) atoms. The fourth-order valence-corrected chi connectivity index (χ4v) is 8.92. The van der Waals surface area contributed by atoms with Gasteiger partial charge in [-0.05, 0) is 0 Å². The van der Waals surface area contributed by atoms with Crippen molar-refractivity contribution >= 4 is 40.2 Å². The molecule has 0 aliphatic heterocycles. The molecule has 2 N–H and O–H groups in total. The van der Waals surface area contributed by atoms with Crippen LogP contribution in [0.25, 0.3) is 0 Å². The molecular weight excluding hydrogens is 413 g/mol. The second-order valence-electron chi connectivity index (χ2n) is 6.96. The predicted octanol–water partition coefficient (Wildman–Crippen LogP) is 4.81. The molecule has 0 unspecified atom stereocenters. The molecule has 3 rings (SSSR count). The van der Waals surface area contributed by atoms with Crippen molar-refractivity contribution in [1.29, 1.82) is 0 Å². The summed E-state index contributed by atoms with van der Waals surface area (Å²) in [7, 11) is -2.02.